The molecule has 2 aliphatic rings. The van der Waals surface area contributed by atoms with E-state index in [1.807, 2.05) is 52.8 Å². The highest BCUT2D eigenvalue weighted by Gasteiger charge is 2.44. The normalized spacial score (nSPS) is 31.1. The van der Waals surface area contributed by atoms with Gasteiger partial charge in [0, 0.05) is 30.4 Å². The van der Waals surface area contributed by atoms with E-state index >= 15 is 0 Å². The Bertz CT molecular complexity index is 954. The number of hydrogen-bond donors (Lipinski definition) is 1. The monoisotopic (exact) mass is 526 g/mol. The summed E-state index contributed by atoms with van der Waals surface area (Å²) in [5.41, 5.74) is 1.96. The molecule has 2 heterocycles. The number of esters is 1. The van der Waals surface area contributed by atoms with Crippen LogP contribution in [0.2, 0.25) is 0 Å². The number of Topliss-reactive ketones (excluding diaryl/α,β-unsaturated/α-hetero) is 1. The topological polar surface area (TPSA) is 72.8 Å². The Hall–Kier alpha value is -2.24. The molecule has 1 saturated heterocycles. The molecular weight excluding hydrogens is 476 g/mol. The number of carbonyl (C=O) groups is 2. The number of allylic oxidation sites excluding steroid dienone is 7. The smallest absolute Gasteiger partial charge is 0.331 e. The first kappa shape index (κ1) is 32.0. The lowest BCUT2D eigenvalue weighted by atomic mass is 9.83. The van der Waals surface area contributed by atoms with Crippen LogP contribution in [0.25, 0.3) is 0 Å². The Balaban J connectivity index is 1.91. The summed E-state index contributed by atoms with van der Waals surface area (Å²) in [6.07, 6.45) is 19.0. The highest BCUT2D eigenvalue weighted by molar-refractivity contribution is 5.85. The molecule has 0 unspecified atom stereocenters. The molecule has 0 aliphatic carbocycles. The Morgan fingerprint density at radius 1 is 1.21 bits per heavy atom. The molecule has 5 heteroatoms. The minimum Gasteiger partial charge on any atom is -0.454 e. The van der Waals surface area contributed by atoms with Gasteiger partial charge in [0.05, 0.1) is 11.7 Å². The van der Waals surface area contributed by atoms with Crippen LogP contribution in [-0.4, -0.2) is 41.3 Å². The summed E-state index contributed by atoms with van der Waals surface area (Å²) in [7, 11) is 0. The molecule has 2 rings (SSSR count). The van der Waals surface area contributed by atoms with Gasteiger partial charge in [0.1, 0.15) is 11.9 Å². The second-order valence-corrected chi connectivity index (χ2v) is 11.8. The average Bonchev–Trinajstić information content (AvgIpc) is 3.16. The molecule has 38 heavy (non-hydrogen) atoms. The Kier molecular flexibility index (Phi) is 12.4. The summed E-state index contributed by atoms with van der Waals surface area (Å²) >= 11 is 0. The molecule has 0 bridgehead atoms. The van der Waals surface area contributed by atoms with Crippen molar-refractivity contribution < 1.29 is 24.2 Å². The second-order valence-electron chi connectivity index (χ2n) is 11.8. The van der Waals surface area contributed by atoms with Gasteiger partial charge >= 0.3 is 5.97 Å². The van der Waals surface area contributed by atoms with Gasteiger partial charge in [-0.25, -0.2) is 4.79 Å². The van der Waals surface area contributed by atoms with Crippen molar-refractivity contribution in [1.82, 2.24) is 0 Å². The summed E-state index contributed by atoms with van der Waals surface area (Å²) in [4.78, 5) is 24.7. The van der Waals surface area contributed by atoms with Crippen LogP contribution in [0.5, 0.6) is 0 Å². The lowest BCUT2D eigenvalue weighted by molar-refractivity contribution is -0.143. The molecule has 1 fully saturated rings. The van der Waals surface area contributed by atoms with Crippen molar-refractivity contribution >= 4 is 11.8 Å². The van der Waals surface area contributed by atoms with Crippen molar-refractivity contribution in [1.29, 1.82) is 0 Å². The highest BCUT2D eigenvalue weighted by atomic mass is 16.5. The lowest BCUT2D eigenvalue weighted by Crippen LogP contribution is -2.34. The number of rotatable bonds is 13. The van der Waals surface area contributed by atoms with Gasteiger partial charge in [0.15, 0.2) is 0 Å². The van der Waals surface area contributed by atoms with Gasteiger partial charge in [-0.3, -0.25) is 4.79 Å². The predicted octanol–water partition coefficient (Wildman–Crippen LogP) is 6.93. The van der Waals surface area contributed by atoms with Gasteiger partial charge < -0.3 is 14.6 Å². The SMILES string of the molecule is CCC(=C/[C@H](C)C/C=C/C(C)=C/[C@H](C)C(=O)[C@H](C)[C@H]1O[C@@](C)(CCO)C[C@@H]1C)/C=C/[C@@H]1OC(=O)C=C[C@H]1C. The third kappa shape index (κ3) is 9.50. The lowest BCUT2D eigenvalue weighted by Gasteiger charge is -2.27. The molecule has 0 aromatic rings. The van der Waals surface area contributed by atoms with Crippen molar-refractivity contribution in [3.63, 3.8) is 0 Å². The molecule has 0 saturated carbocycles. The number of carbonyl (C=O) groups excluding carboxylic acids is 2. The van der Waals surface area contributed by atoms with E-state index in [1.165, 1.54) is 11.6 Å². The van der Waals surface area contributed by atoms with Crippen molar-refractivity contribution in [3.05, 3.63) is 59.8 Å². The van der Waals surface area contributed by atoms with E-state index in [4.69, 9.17) is 9.47 Å². The maximum atomic E-state index is 13.2. The number of ether oxygens (including phenoxy) is 2. The molecule has 5 nitrogen and oxygen atoms in total. The number of ketones is 1. The Morgan fingerprint density at radius 3 is 2.58 bits per heavy atom. The summed E-state index contributed by atoms with van der Waals surface area (Å²) in [5, 5.41) is 9.37. The molecule has 8 atom stereocenters. The molecule has 0 aromatic heterocycles. The van der Waals surface area contributed by atoms with Crippen LogP contribution in [-0.2, 0) is 19.1 Å². The van der Waals surface area contributed by atoms with Gasteiger partial charge in [-0.05, 0) is 57.4 Å². The standard InChI is InChI=1S/C33H50O5/c1-9-28(14-15-29-24(4)13-16-30(35)37-29)20-23(3)12-10-11-22(2)19-25(5)31(36)27(7)32-26(6)21-33(8,38-32)17-18-34/h10-11,13-16,19-20,23-27,29,32,34H,9,12,17-18,21H2,1-8H3/b11-10+,15-14+,22-19+,28-20-/t23-,24-,25+,26+,27+,29+,32+,33+/m1/s1. The van der Waals surface area contributed by atoms with E-state index in [-0.39, 0.29) is 59.8 Å². The second kappa shape index (κ2) is 14.8. The first-order valence-electron chi connectivity index (χ1n) is 14.3. The zero-order valence-electron chi connectivity index (χ0n) is 24.8. The maximum Gasteiger partial charge on any atom is 0.331 e. The quantitative estimate of drug-likeness (QED) is 0.208. The fraction of sp³-hybridized carbons (Fsp3) is 0.636. The van der Waals surface area contributed by atoms with Gasteiger partial charge in [-0.15, -0.1) is 0 Å². The molecule has 0 spiro atoms. The fourth-order valence-electron chi connectivity index (χ4n) is 5.64. The molecule has 0 radical (unpaired) electrons. The van der Waals surface area contributed by atoms with E-state index in [0.717, 1.165) is 24.8 Å². The Labute approximate surface area is 230 Å². The molecule has 2 aliphatic heterocycles. The van der Waals surface area contributed by atoms with Gasteiger partial charge in [-0.1, -0.05) is 89.1 Å². The Morgan fingerprint density at radius 2 is 1.92 bits per heavy atom. The van der Waals surface area contributed by atoms with Gasteiger partial charge in [0.2, 0.25) is 0 Å². The minimum atomic E-state index is -0.345. The van der Waals surface area contributed by atoms with Crippen molar-refractivity contribution in [2.45, 2.75) is 98.9 Å². The van der Waals surface area contributed by atoms with E-state index in [9.17, 15) is 14.7 Å². The van der Waals surface area contributed by atoms with E-state index in [2.05, 4.69) is 45.1 Å². The first-order chi connectivity index (χ1) is 17.9. The van der Waals surface area contributed by atoms with Crippen molar-refractivity contribution in [2.75, 3.05) is 6.61 Å². The zero-order valence-corrected chi connectivity index (χ0v) is 24.8. The van der Waals surface area contributed by atoms with Crippen molar-refractivity contribution in [2.24, 2.45) is 29.6 Å². The molecule has 0 aromatic carbocycles. The summed E-state index contributed by atoms with van der Waals surface area (Å²) in [6.45, 7) is 16.6. The average molecular weight is 527 g/mol. The predicted molar refractivity (Wildman–Crippen MR) is 154 cm³/mol. The highest BCUT2D eigenvalue weighted by Crippen LogP contribution is 2.40. The summed E-state index contributed by atoms with van der Waals surface area (Å²) in [5.74, 6) is 0.374. The molecular formula is C33H50O5. The number of cyclic esters (lactones) is 1. The summed E-state index contributed by atoms with van der Waals surface area (Å²) in [6, 6.07) is 0. The van der Waals surface area contributed by atoms with Crippen LogP contribution in [0.15, 0.2) is 59.8 Å². The van der Waals surface area contributed by atoms with E-state index < -0.39 is 0 Å². The van der Waals surface area contributed by atoms with Crippen LogP contribution < -0.4 is 0 Å². The molecule has 0 amide bonds. The third-order valence-electron chi connectivity index (χ3n) is 7.88. The number of aliphatic hydroxyl groups excluding tert-OH is 1. The molecule has 212 valence electrons. The van der Waals surface area contributed by atoms with Crippen LogP contribution in [0, 0.1) is 29.6 Å². The first-order valence-corrected chi connectivity index (χ1v) is 14.3. The molecule has 1 N–H and O–H groups in total. The largest absolute Gasteiger partial charge is 0.454 e. The summed E-state index contributed by atoms with van der Waals surface area (Å²) < 4.78 is 11.7. The van der Waals surface area contributed by atoms with Crippen molar-refractivity contribution in [3.8, 4) is 0 Å². The van der Waals surface area contributed by atoms with Gasteiger partial charge in [0.25, 0.3) is 0 Å². The maximum absolute atomic E-state index is 13.2. The van der Waals surface area contributed by atoms with Crippen LogP contribution >= 0.6 is 0 Å². The van der Waals surface area contributed by atoms with Crippen LogP contribution in [0.3, 0.4) is 0 Å². The van der Waals surface area contributed by atoms with Crippen LogP contribution in [0.1, 0.15) is 81.1 Å². The fourth-order valence-corrected chi connectivity index (χ4v) is 5.64. The third-order valence-corrected chi connectivity index (χ3v) is 7.88. The van der Waals surface area contributed by atoms with E-state index in [0.29, 0.717) is 12.3 Å². The minimum absolute atomic E-state index is 0.0997. The van der Waals surface area contributed by atoms with Crippen LogP contribution in [0.4, 0.5) is 0 Å². The number of aliphatic hydroxyl groups is 1. The van der Waals surface area contributed by atoms with E-state index in [1.54, 1.807) is 0 Å². The zero-order chi connectivity index (χ0) is 28.5. The van der Waals surface area contributed by atoms with Gasteiger partial charge in [-0.2, -0.15) is 0 Å². The number of hydrogen-bond acceptors (Lipinski definition) is 5.